The molecule has 22 heavy (non-hydrogen) atoms. The summed E-state index contributed by atoms with van der Waals surface area (Å²) in [6.07, 6.45) is 5.84. The van der Waals surface area contributed by atoms with Crippen LogP contribution in [0.15, 0.2) is 38.0 Å². The molecule has 0 saturated heterocycles. The fourth-order valence-corrected chi connectivity index (χ4v) is 0.485. The zero-order chi connectivity index (χ0) is 19.0. The molecule has 0 bridgehead atoms. The van der Waals surface area contributed by atoms with Crippen molar-refractivity contribution in [1.82, 2.24) is 0 Å². The molecule has 0 amide bonds. The second kappa shape index (κ2) is 31.8. The van der Waals surface area contributed by atoms with Gasteiger partial charge in [0, 0.05) is 12.3 Å². The first-order valence-corrected chi connectivity index (χ1v) is 6.95. The Kier molecular flexibility index (Phi) is 47.0. The highest BCUT2D eigenvalue weighted by Crippen LogP contribution is 2.18. The third-order valence-corrected chi connectivity index (χ3v) is 1.76. The van der Waals surface area contributed by atoms with E-state index in [0.717, 1.165) is 6.92 Å². The Bertz CT molecular complexity index is 197. The zero-order valence-corrected chi connectivity index (χ0v) is 14.9. The summed E-state index contributed by atoms with van der Waals surface area (Å²) >= 11 is 0. The van der Waals surface area contributed by atoms with Crippen LogP contribution in [0.3, 0.4) is 0 Å². The minimum Gasteiger partial charge on any atom is -0.481 e. The van der Waals surface area contributed by atoms with Crippen molar-refractivity contribution in [3.05, 3.63) is 38.0 Å². The van der Waals surface area contributed by atoms with E-state index in [1.165, 1.54) is 0 Å². The van der Waals surface area contributed by atoms with Gasteiger partial charge in [0.1, 0.15) is 0 Å². The van der Waals surface area contributed by atoms with Crippen molar-refractivity contribution in [2.75, 3.05) is 19.8 Å². The Morgan fingerprint density at radius 1 is 0.909 bits per heavy atom. The normalized spacial score (nSPS) is 7.82. The standard InChI is InChI=1S/C6H14O3.3C3H6.C2H4O2/c1-2-6(3-7,4-8)5-9;3*1-3-2;1-2(3)4/h7-9H,2-5H2,1H3;3*3H,1H2,2H3;1H3,(H,3,4). The number of aliphatic hydroxyl groups is 3. The van der Waals surface area contributed by atoms with E-state index >= 15 is 0 Å². The van der Waals surface area contributed by atoms with Gasteiger partial charge in [0.25, 0.3) is 5.97 Å². The topological polar surface area (TPSA) is 98.0 Å². The van der Waals surface area contributed by atoms with Crippen LogP contribution in [0.2, 0.25) is 0 Å². The molecule has 0 aromatic rings. The molecule has 0 unspecified atom stereocenters. The molecule has 0 aliphatic carbocycles. The third-order valence-electron chi connectivity index (χ3n) is 1.76. The summed E-state index contributed by atoms with van der Waals surface area (Å²) in [5.41, 5.74) is -0.667. The Labute approximate surface area is 136 Å². The van der Waals surface area contributed by atoms with E-state index in [1.54, 1.807) is 18.2 Å². The van der Waals surface area contributed by atoms with Crippen molar-refractivity contribution >= 4 is 5.97 Å². The highest BCUT2D eigenvalue weighted by atomic mass is 16.4. The highest BCUT2D eigenvalue weighted by Gasteiger charge is 2.24. The van der Waals surface area contributed by atoms with Crippen LogP contribution >= 0.6 is 0 Å². The van der Waals surface area contributed by atoms with Crippen LogP contribution in [0.4, 0.5) is 0 Å². The number of aliphatic carboxylic acids is 1. The van der Waals surface area contributed by atoms with Crippen molar-refractivity contribution in [1.29, 1.82) is 0 Å². The Hall–Kier alpha value is -1.43. The molecule has 0 aromatic carbocycles. The van der Waals surface area contributed by atoms with E-state index in [4.69, 9.17) is 25.2 Å². The molecular weight excluding hydrogens is 284 g/mol. The molecule has 4 N–H and O–H groups in total. The average Bonchev–Trinajstić information content (AvgIpc) is 2.44. The van der Waals surface area contributed by atoms with Crippen molar-refractivity contribution < 1.29 is 25.2 Å². The molecular formula is C17H36O5. The molecule has 0 aliphatic rings. The number of hydrogen-bond donors (Lipinski definition) is 4. The van der Waals surface area contributed by atoms with E-state index in [0.29, 0.717) is 6.42 Å². The summed E-state index contributed by atoms with van der Waals surface area (Å²) < 4.78 is 0. The van der Waals surface area contributed by atoms with Gasteiger partial charge in [-0.1, -0.05) is 25.2 Å². The molecule has 0 aromatic heterocycles. The lowest BCUT2D eigenvalue weighted by molar-refractivity contribution is -0.134. The summed E-state index contributed by atoms with van der Waals surface area (Å²) in [6, 6.07) is 0. The molecule has 0 radical (unpaired) electrons. The van der Waals surface area contributed by atoms with Gasteiger partial charge in [0.05, 0.1) is 19.8 Å². The monoisotopic (exact) mass is 320 g/mol. The molecule has 0 saturated carbocycles. The van der Waals surface area contributed by atoms with Gasteiger partial charge in [-0.3, -0.25) is 4.79 Å². The van der Waals surface area contributed by atoms with Gasteiger partial charge in [-0.25, -0.2) is 0 Å². The second-order valence-corrected chi connectivity index (χ2v) is 4.07. The summed E-state index contributed by atoms with van der Waals surface area (Å²) in [6.45, 7) is 18.2. The maximum atomic E-state index is 9.00. The molecule has 0 heterocycles. The summed E-state index contributed by atoms with van der Waals surface area (Å²) in [7, 11) is 0. The third kappa shape index (κ3) is 51.3. The SMILES string of the molecule is C=CC.C=CC.C=CC.CC(=O)O.CCC(CO)(CO)CO. The maximum Gasteiger partial charge on any atom is 0.300 e. The van der Waals surface area contributed by atoms with Crippen molar-refractivity contribution in [3.8, 4) is 0 Å². The lowest BCUT2D eigenvalue weighted by atomic mass is 9.88. The molecule has 0 fully saturated rings. The number of allylic oxidation sites excluding steroid dienone is 3. The molecule has 0 spiro atoms. The largest absolute Gasteiger partial charge is 0.481 e. The first kappa shape index (κ1) is 32.5. The molecule has 5 heteroatoms. The number of hydrogen-bond acceptors (Lipinski definition) is 4. The summed E-state index contributed by atoms with van der Waals surface area (Å²) in [5.74, 6) is -0.833. The van der Waals surface area contributed by atoms with E-state index in [-0.39, 0.29) is 19.8 Å². The predicted octanol–water partition coefficient (Wildman–Crippen LogP) is 3.03. The Morgan fingerprint density at radius 2 is 1.05 bits per heavy atom. The van der Waals surface area contributed by atoms with E-state index < -0.39 is 11.4 Å². The fraction of sp³-hybridized carbons (Fsp3) is 0.588. The molecule has 0 atom stereocenters. The highest BCUT2D eigenvalue weighted by molar-refractivity contribution is 5.62. The quantitative estimate of drug-likeness (QED) is 0.597. The van der Waals surface area contributed by atoms with Crippen molar-refractivity contribution in [3.63, 3.8) is 0 Å². The summed E-state index contributed by atoms with van der Waals surface area (Å²) in [4.78, 5) is 9.00. The Balaban J connectivity index is -0.0000000622. The van der Waals surface area contributed by atoms with Gasteiger partial charge in [0.15, 0.2) is 0 Å². The first-order chi connectivity index (χ1) is 10.2. The van der Waals surface area contributed by atoms with Crippen LogP contribution in [0.5, 0.6) is 0 Å². The van der Waals surface area contributed by atoms with Crippen LogP contribution in [0.25, 0.3) is 0 Å². The van der Waals surface area contributed by atoms with Crippen LogP contribution in [0, 0.1) is 5.41 Å². The van der Waals surface area contributed by atoms with E-state index in [1.807, 2.05) is 27.7 Å². The van der Waals surface area contributed by atoms with Crippen LogP contribution < -0.4 is 0 Å². The van der Waals surface area contributed by atoms with Crippen LogP contribution in [0.1, 0.15) is 41.0 Å². The van der Waals surface area contributed by atoms with E-state index in [9.17, 15) is 0 Å². The van der Waals surface area contributed by atoms with Crippen molar-refractivity contribution in [2.45, 2.75) is 41.0 Å². The molecule has 134 valence electrons. The molecule has 0 aliphatic heterocycles. The Morgan fingerprint density at radius 3 is 1.05 bits per heavy atom. The van der Waals surface area contributed by atoms with Crippen LogP contribution in [-0.2, 0) is 4.79 Å². The van der Waals surface area contributed by atoms with Gasteiger partial charge in [-0.2, -0.15) is 0 Å². The van der Waals surface area contributed by atoms with Gasteiger partial charge in [0.2, 0.25) is 0 Å². The van der Waals surface area contributed by atoms with E-state index in [2.05, 4.69) is 19.7 Å². The zero-order valence-electron chi connectivity index (χ0n) is 14.9. The molecule has 5 nitrogen and oxygen atoms in total. The number of carbonyl (C=O) groups is 1. The number of rotatable bonds is 4. The molecule has 0 rings (SSSR count). The lowest BCUT2D eigenvalue weighted by Gasteiger charge is -2.24. The minimum atomic E-state index is -0.833. The maximum absolute atomic E-state index is 9.00. The fourth-order valence-electron chi connectivity index (χ4n) is 0.485. The van der Waals surface area contributed by atoms with Crippen molar-refractivity contribution in [2.24, 2.45) is 5.41 Å². The van der Waals surface area contributed by atoms with Gasteiger partial charge < -0.3 is 20.4 Å². The predicted molar refractivity (Wildman–Crippen MR) is 94.9 cm³/mol. The average molecular weight is 320 g/mol. The van der Waals surface area contributed by atoms with Crippen LogP contribution in [-0.4, -0.2) is 46.2 Å². The smallest absolute Gasteiger partial charge is 0.300 e. The summed E-state index contributed by atoms with van der Waals surface area (Å²) in [5, 5.41) is 33.4. The second-order valence-electron chi connectivity index (χ2n) is 4.07. The van der Waals surface area contributed by atoms with Gasteiger partial charge in [-0.15, -0.1) is 19.7 Å². The number of carboxylic acid groups (broad SMARTS) is 1. The number of carboxylic acids is 1. The van der Waals surface area contributed by atoms with Gasteiger partial charge in [-0.05, 0) is 27.2 Å². The van der Waals surface area contributed by atoms with Gasteiger partial charge >= 0.3 is 0 Å². The lowest BCUT2D eigenvalue weighted by Crippen LogP contribution is -2.32. The first-order valence-electron chi connectivity index (χ1n) is 6.95. The minimum absolute atomic E-state index is 0.156. The number of aliphatic hydroxyl groups excluding tert-OH is 3.